The van der Waals surface area contributed by atoms with Crippen molar-refractivity contribution in [3.8, 4) is 0 Å². The highest BCUT2D eigenvalue weighted by Gasteiger charge is 2.21. The van der Waals surface area contributed by atoms with Crippen molar-refractivity contribution in [3.63, 3.8) is 0 Å². The maximum absolute atomic E-state index is 12.0. The minimum Gasteiger partial charge on any atom is -0.465 e. The number of hydrogen-bond acceptors (Lipinski definition) is 4. The highest BCUT2D eigenvalue weighted by Crippen LogP contribution is 2.17. The van der Waals surface area contributed by atoms with Crippen LogP contribution in [-0.2, 0) is 14.3 Å². The van der Waals surface area contributed by atoms with Crippen LogP contribution in [0.25, 0.3) is 0 Å². The molecule has 1 fully saturated rings. The van der Waals surface area contributed by atoms with Gasteiger partial charge in [-0.1, -0.05) is 6.07 Å². The molecule has 19 heavy (non-hydrogen) atoms. The van der Waals surface area contributed by atoms with Crippen LogP contribution in [0.15, 0.2) is 24.3 Å². The van der Waals surface area contributed by atoms with E-state index in [1.807, 2.05) is 0 Å². The van der Waals surface area contributed by atoms with Crippen LogP contribution in [0.4, 0.5) is 5.69 Å². The summed E-state index contributed by atoms with van der Waals surface area (Å²) in [5.41, 5.74) is 1.01. The van der Waals surface area contributed by atoms with Gasteiger partial charge in [0.1, 0.15) is 0 Å². The van der Waals surface area contributed by atoms with E-state index in [9.17, 15) is 9.59 Å². The van der Waals surface area contributed by atoms with Crippen LogP contribution < -0.4 is 5.32 Å². The molecule has 1 amide bonds. The van der Waals surface area contributed by atoms with Crippen LogP contribution in [0.3, 0.4) is 0 Å². The molecule has 2 rings (SSSR count). The molecule has 1 aliphatic heterocycles. The Morgan fingerprint density at radius 1 is 1.42 bits per heavy atom. The number of amides is 1. The lowest BCUT2D eigenvalue weighted by molar-refractivity contribution is -0.123. The first-order chi connectivity index (χ1) is 9.20. The van der Waals surface area contributed by atoms with E-state index in [0.29, 0.717) is 17.9 Å². The fourth-order valence-corrected chi connectivity index (χ4v) is 2.03. The van der Waals surface area contributed by atoms with Gasteiger partial charge in [0.25, 0.3) is 0 Å². The first-order valence-electron chi connectivity index (χ1n) is 6.27. The summed E-state index contributed by atoms with van der Waals surface area (Å²) < 4.78 is 9.93. The van der Waals surface area contributed by atoms with Gasteiger partial charge in [0.05, 0.1) is 25.2 Å². The van der Waals surface area contributed by atoms with Crippen molar-refractivity contribution in [3.05, 3.63) is 29.8 Å². The maximum atomic E-state index is 12.0. The SMILES string of the molecule is COC(=O)c1cccc(NC(=O)C2CCCOC2)c1. The molecular weight excluding hydrogens is 246 g/mol. The molecule has 1 aliphatic rings. The van der Waals surface area contributed by atoms with Crippen molar-refractivity contribution in [2.75, 3.05) is 25.6 Å². The fraction of sp³-hybridized carbons (Fsp3) is 0.429. The van der Waals surface area contributed by atoms with Gasteiger partial charge in [-0.25, -0.2) is 4.79 Å². The summed E-state index contributed by atoms with van der Waals surface area (Å²) in [4.78, 5) is 23.4. The van der Waals surface area contributed by atoms with Crippen LogP contribution in [0.1, 0.15) is 23.2 Å². The standard InChI is InChI=1S/C14H17NO4/c1-18-14(17)10-4-2-6-12(8-10)15-13(16)11-5-3-7-19-9-11/h2,4,6,8,11H,3,5,7,9H2,1H3,(H,15,16). The topological polar surface area (TPSA) is 64.6 Å². The monoisotopic (exact) mass is 263 g/mol. The van der Waals surface area contributed by atoms with Gasteiger partial charge in [0, 0.05) is 12.3 Å². The lowest BCUT2D eigenvalue weighted by Gasteiger charge is -2.21. The van der Waals surface area contributed by atoms with Crippen molar-refractivity contribution in [2.24, 2.45) is 5.92 Å². The molecule has 1 unspecified atom stereocenters. The molecular formula is C14H17NO4. The Morgan fingerprint density at radius 2 is 2.26 bits per heavy atom. The van der Waals surface area contributed by atoms with Gasteiger partial charge in [-0.2, -0.15) is 0 Å². The molecule has 5 heteroatoms. The molecule has 0 aliphatic carbocycles. The van der Waals surface area contributed by atoms with Crippen molar-refractivity contribution < 1.29 is 19.1 Å². The van der Waals surface area contributed by atoms with E-state index in [4.69, 9.17) is 4.74 Å². The first-order valence-corrected chi connectivity index (χ1v) is 6.27. The van der Waals surface area contributed by atoms with Gasteiger partial charge in [0.15, 0.2) is 0 Å². The molecule has 5 nitrogen and oxygen atoms in total. The highest BCUT2D eigenvalue weighted by atomic mass is 16.5. The fourth-order valence-electron chi connectivity index (χ4n) is 2.03. The second-order valence-electron chi connectivity index (χ2n) is 4.48. The second-order valence-corrected chi connectivity index (χ2v) is 4.48. The predicted molar refractivity (Wildman–Crippen MR) is 70.0 cm³/mol. The lowest BCUT2D eigenvalue weighted by atomic mass is 10.0. The maximum Gasteiger partial charge on any atom is 0.337 e. The summed E-state index contributed by atoms with van der Waals surface area (Å²) in [6.07, 6.45) is 1.74. The normalized spacial score (nSPS) is 18.7. The van der Waals surface area contributed by atoms with E-state index >= 15 is 0 Å². The number of rotatable bonds is 3. The number of benzene rings is 1. The van der Waals surface area contributed by atoms with Gasteiger partial charge < -0.3 is 14.8 Å². The van der Waals surface area contributed by atoms with Crippen molar-refractivity contribution in [2.45, 2.75) is 12.8 Å². The third-order valence-corrected chi connectivity index (χ3v) is 3.08. The van der Waals surface area contributed by atoms with E-state index in [1.54, 1.807) is 24.3 Å². The Morgan fingerprint density at radius 3 is 2.95 bits per heavy atom. The average Bonchev–Trinajstić information content (AvgIpc) is 2.47. The molecule has 0 spiro atoms. The van der Waals surface area contributed by atoms with Gasteiger partial charge in [-0.05, 0) is 31.0 Å². The molecule has 0 radical (unpaired) electrons. The lowest BCUT2D eigenvalue weighted by Crippen LogP contribution is -2.30. The zero-order chi connectivity index (χ0) is 13.7. The predicted octanol–water partition coefficient (Wildman–Crippen LogP) is 1.84. The van der Waals surface area contributed by atoms with Gasteiger partial charge in [-0.3, -0.25) is 4.79 Å². The van der Waals surface area contributed by atoms with Crippen LogP contribution in [0, 0.1) is 5.92 Å². The number of hydrogen-bond donors (Lipinski definition) is 1. The van der Waals surface area contributed by atoms with Crippen molar-refractivity contribution >= 4 is 17.6 Å². The Labute approximate surface area is 111 Å². The van der Waals surface area contributed by atoms with Crippen LogP contribution in [-0.4, -0.2) is 32.2 Å². The van der Waals surface area contributed by atoms with E-state index in [1.165, 1.54) is 7.11 Å². The molecule has 1 aromatic rings. The second kappa shape index (κ2) is 6.33. The van der Waals surface area contributed by atoms with Gasteiger partial charge in [-0.15, -0.1) is 0 Å². The van der Waals surface area contributed by atoms with E-state index in [-0.39, 0.29) is 11.8 Å². The number of esters is 1. The summed E-state index contributed by atoms with van der Waals surface area (Å²) in [5, 5.41) is 2.80. The zero-order valence-corrected chi connectivity index (χ0v) is 10.8. The first kappa shape index (κ1) is 13.5. The number of methoxy groups -OCH3 is 1. The molecule has 1 N–H and O–H groups in total. The molecule has 1 aromatic carbocycles. The number of anilines is 1. The van der Waals surface area contributed by atoms with Crippen molar-refractivity contribution in [1.29, 1.82) is 0 Å². The Bertz CT molecular complexity index is 466. The third kappa shape index (κ3) is 3.54. The molecule has 1 atom stereocenters. The zero-order valence-electron chi connectivity index (χ0n) is 10.8. The minimum absolute atomic E-state index is 0.0679. The van der Waals surface area contributed by atoms with E-state index in [0.717, 1.165) is 19.4 Å². The molecule has 0 aromatic heterocycles. The largest absolute Gasteiger partial charge is 0.465 e. The van der Waals surface area contributed by atoms with Crippen LogP contribution in [0.5, 0.6) is 0 Å². The van der Waals surface area contributed by atoms with E-state index in [2.05, 4.69) is 10.1 Å². The van der Waals surface area contributed by atoms with Crippen LogP contribution >= 0.6 is 0 Å². The molecule has 0 bridgehead atoms. The minimum atomic E-state index is -0.419. The summed E-state index contributed by atoms with van der Waals surface area (Å²) in [5.74, 6) is -0.602. The van der Waals surface area contributed by atoms with Gasteiger partial charge in [0.2, 0.25) is 5.91 Å². The smallest absolute Gasteiger partial charge is 0.337 e. The molecule has 1 heterocycles. The summed E-state index contributed by atoms with van der Waals surface area (Å²) in [6, 6.07) is 6.70. The molecule has 1 saturated heterocycles. The number of ether oxygens (including phenoxy) is 2. The van der Waals surface area contributed by atoms with Crippen molar-refractivity contribution in [1.82, 2.24) is 0 Å². The Kier molecular flexibility index (Phi) is 4.52. The Hall–Kier alpha value is -1.88. The average molecular weight is 263 g/mol. The Balaban J connectivity index is 2.02. The summed E-state index contributed by atoms with van der Waals surface area (Å²) >= 11 is 0. The summed E-state index contributed by atoms with van der Waals surface area (Å²) in [6.45, 7) is 1.18. The quantitative estimate of drug-likeness (QED) is 0.845. The molecule has 102 valence electrons. The number of nitrogens with one attached hydrogen (secondary N) is 1. The number of carbonyl (C=O) groups is 2. The van der Waals surface area contributed by atoms with E-state index < -0.39 is 5.97 Å². The highest BCUT2D eigenvalue weighted by molar-refractivity contribution is 5.95. The van der Waals surface area contributed by atoms with Gasteiger partial charge >= 0.3 is 5.97 Å². The third-order valence-electron chi connectivity index (χ3n) is 3.08. The summed E-state index contributed by atoms with van der Waals surface area (Å²) in [7, 11) is 1.33. The van der Waals surface area contributed by atoms with Crippen LogP contribution in [0.2, 0.25) is 0 Å². The molecule has 0 saturated carbocycles. The number of carbonyl (C=O) groups excluding carboxylic acids is 2.